The maximum atomic E-state index is 14.5. The largest absolute Gasteiger partial charge is 0.461 e. The monoisotopic (exact) mass is 477 g/mol. The van der Waals surface area contributed by atoms with Crippen molar-refractivity contribution >= 4 is 11.9 Å². The summed E-state index contributed by atoms with van der Waals surface area (Å²) in [6.07, 6.45) is -1.18. The number of aliphatic hydroxyl groups is 1. The van der Waals surface area contributed by atoms with Crippen molar-refractivity contribution in [3.8, 4) is 34.5 Å². The molecule has 0 aliphatic carbocycles. The van der Waals surface area contributed by atoms with E-state index in [1.54, 1.807) is 38.2 Å². The highest BCUT2D eigenvalue weighted by Crippen LogP contribution is 2.26. The van der Waals surface area contributed by atoms with E-state index in [2.05, 4.69) is 21.8 Å². The predicted octanol–water partition coefficient (Wildman–Crippen LogP) is 3.07. The molecule has 0 bridgehead atoms. The number of nitrogens with zero attached hydrogens (tertiary/aromatic N) is 3. The van der Waals surface area contributed by atoms with Gasteiger partial charge in [0.1, 0.15) is 17.7 Å². The molecule has 2 heterocycles. The molecule has 4 rings (SSSR count). The zero-order valence-electron chi connectivity index (χ0n) is 19.0. The molecule has 1 saturated heterocycles. The van der Waals surface area contributed by atoms with Gasteiger partial charge in [0.05, 0.1) is 18.2 Å². The molecule has 9 heteroatoms. The van der Waals surface area contributed by atoms with Crippen molar-refractivity contribution in [2.45, 2.75) is 13.0 Å². The minimum Gasteiger partial charge on any atom is -0.461 e. The van der Waals surface area contributed by atoms with Crippen LogP contribution in [0.3, 0.4) is 0 Å². The van der Waals surface area contributed by atoms with E-state index in [1.807, 2.05) is 0 Å². The molecule has 1 N–H and O–H groups in total. The number of likely N-dealkylation sites (tertiary alicyclic amines) is 1. The smallest absolute Gasteiger partial charge is 0.357 e. The highest BCUT2D eigenvalue weighted by atomic mass is 19.1. The van der Waals surface area contributed by atoms with Gasteiger partial charge in [-0.05, 0) is 43.3 Å². The van der Waals surface area contributed by atoms with Crippen molar-refractivity contribution in [1.29, 1.82) is 0 Å². The van der Waals surface area contributed by atoms with Gasteiger partial charge in [0, 0.05) is 30.3 Å². The molecule has 2 atom stereocenters. The van der Waals surface area contributed by atoms with E-state index in [-0.39, 0.29) is 35.3 Å². The van der Waals surface area contributed by atoms with Gasteiger partial charge in [-0.2, -0.15) is 0 Å². The molecule has 1 fully saturated rings. The van der Waals surface area contributed by atoms with Crippen LogP contribution >= 0.6 is 0 Å². The highest BCUT2D eigenvalue weighted by Gasteiger charge is 2.35. The molecule has 0 spiro atoms. The number of amides is 1. The zero-order chi connectivity index (χ0) is 25.1. The lowest BCUT2D eigenvalue weighted by molar-refractivity contribution is -0.133. The molecule has 35 heavy (non-hydrogen) atoms. The summed E-state index contributed by atoms with van der Waals surface area (Å²) < 4.78 is 33.3. The Balaban J connectivity index is 1.75. The number of carbonyl (C=O) groups excluding carboxylic acids is 2. The number of likely N-dealkylation sites (N-methyl/N-ethyl adjacent to an activating group) is 1. The molecule has 7 nitrogen and oxygen atoms in total. The average molecular weight is 477 g/mol. The molecular formula is C26H21F2N3O4. The minimum atomic E-state index is -1.18. The van der Waals surface area contributed by atoms with Crippen LogP contribution in [-0.4, -0.2) is 58.2 Å². The first-order valence-electron chi connectivity index (χ1n) is 10.8. The van der Waals surface area contributed by atoms with E-state index < -0.39 is 29.6 Å². The lowest BCUT2D eigenvalue weighted by Gasteiger charge is -2.09. The number of benzene rings is 2. The Bertz CT molecular complexity index is 1370. The van der Waals surface area contributed by atoms with E-state index in [9.17, 15) is 23.5 Å². The Kier molecular flexibility index (Phi) is 6.85. The highest BCUT2D eigenvalue weighted by molar-refractivity contribution is 5.89. The average Bonchev–Trinajstić information content (AvgIpc) is 3.10. The topological polar surface area (TPSA) is 92.6 Å². The van der Waals surface area contributed by atoms with Gasteiger partial charge in [-0.1, -0.05) is 24.0 Å². The normalized spacial score (nSPS) is 17.2. The van der Waals surface area contributed by atoms with Crippen molar-refractivity contribution in [2.24, 2.45) is 5.92 Å². The number of halogens is 2. The van der Waals surface area contributed by atoms with Crippen LogP contribution in [0.5, 0.6) is 0 Å². The molecule has 2 aromatic carbocycles. The summed E-state index contributed by atoms with van der Waals surface area (Å²) in [5.74, 6) is 2.96. The summed E-state index contributed by atoms with van der Waals surface area (Å²) in [6, 6.07) is 11.0. The Labute approximate surface area is 200 Å². The first-order chi connectivity index (χ1) is 16.8. The van der Waals surface area contributed by atoms with Crippen molar-refractivity contribution in [2.75, 3.05) is 20.2 Å². The second-order valence-corrected chi connectivity index (χ2v) is 7.93. The molecule has 1 aliphatic rings. The SMILES string of the molecule is CCOC(=O)c1cc(-c2cc(F)ccc2F)nc(-c2cccc(C#C[C@@H]3CN(C)C(=O)[C@H]3O)c2)n1. The molecule has 1 amide bonds. The fourth-order valence-electron chi connectivity index (χ4n) is 3.64. The molecule has 0 radical (unpaired) electrons. The number of carbonyl (C=O) groups is 2. The van der Waals surface area contributed by atoms with Crippen molar-refractivity contribution < 1.29 is 28.2 Å². The first-order valence-corrected chi connectivity index (χ1v) is 10.8. The van der Waals surface area contributed by atoms with Crippen LogP contribution in [0.25, 0.3) is 22.6 Å². The van der Waals surface area contributed by atoms with Crippen LogP contribution in [0.1, 0.15) is 23.0 Å². The Morgan fingerprint density at radius 2 is 2.00 bits per heavy atom. The van der Waals surface area contributed by atoms with Gasteiger partial charge in [-0.3, -0.25) is 4.79 Å². The minimum absolute atomic E-state index is 0.0159. The maximum absolute atomic E-state index is 14.5. The van der Waals surface area contributed by atoms with E-state index in [1.165, 1.54) is 11.0 Å². The van der Waals surface area contributed by atoms with Gasteiger partial charge in [0.25, 0.3) is 5.91 Å². The molecule has 1 aliphatic heterocycles. The second kappa shape index (κ2) is 9.99. The fourth-order valence-corrected chi connectivity index (χ4v) is 3.64. The second-order valence-electron chi connectivity index (χ2n) is 7.93. The third-order valence-electron chi connectivity index (χ3n) is 5.42. The van der Waals surface area contributed by atoms with Crippen LogP contribution < -0.4 is 0 Å². The van der Waals surface area contributed by atoms with Crippen LogP contribution in [0, 0.1) is 29.4 Å². The van der Waals surface area contributed by atoms with Crippen LogP contribution in [0.4, 0.5) is 8.78 Å². The van der Waals surface area contributed by atoms with Crippen LogP contribution in [0.2, 0.25) is 0 Å². The number of aromatic nitrogens is 2. The van der Waals surface area contributed by atoms with Crippen LogP contribution in [0.15, 0.2) is 48.5 Å². The molecule has 3 aromatic rings. The van der Waals surface area contributed by atoms with E-state index in [4.69, 9.17) is 4.74 Å². The zero-order valence-corrected chi connectivity index (χ0v) is 19.0. The number of ether oxygens (including phenoxy) is 1. The predicted molar refractivity (Wildman–Crippen MR) is 123 cm³/mol. The Morgan fingerprint density at radius 3 is 2.71 bits per heavy atom. The van der Waals surface area contributed by atoms with Gasteiger partial charge in [-0.25, -0.2) is 23.5 Å². The number of hydrogen-bond acceptors (Lipinski definition) is 6. The quantitative estimate of drug-likeness (QED) is 0.459. The number of rotatable bonds is 4. The summed E-state index contributed by atoms with van der Waals surface area (Å²) in [5, 5.41) is 10.0. The summed E-state index contributed by atoms with van der Waals surface area (Å²) in [6.45, 7) is 2.07. The van der Waals surface area contributed by atoms with Gasteiger partial charge in [0.15, 0.2) is 11.5 Å². The lowest BCUT2D eigenvalue weighted by atomic mass is 10.0. The van der Waals surface area contributed by atoms with Gasteiger partial charge >= 0.3 is 5.97 Å². The van der Waals surface area contributed by atoms with Gasteiger partial charge in [0.2, 0.25) is 0 Å². The number of hydrogen-bond donors (Lipinski definition) is 1. The van der Waals surface area contributed by atoms with Crippen molar-refractivity contribution in [3.63, 3.8) is 0 Å². The van der Waals surface area contributed by atoms with E-state index in [0.29, 0.717) is 17.7 Å². The Morgan fingerprint density at radius 1 is 1.20 bits per heavy atom. The first kappa shape index (κ1) is 24.0. The molecular weight excluding hydrogens is 456 g/mol. The van der Waals surface area contributed by atoms with Crippen LogP contribution in [-0.2, 0) is 9.53 Å². The van der Waals surface area contributed by atoms with Gasteiger partial charge in [-0.15, -0.1) is 0 Å². The van der Waals surface area contributed by atoms with E-state index in [0.717, 1.165) is 18.2 Å². The van der Waals surface area contributed by atoms with E-state index >= 15 is 0 Å². The van der Waals surface area contributed by atoms with Gasteiger partial charge < -0.3 is 14.7 Å². The fraction of sp³-hybridized carbons (Fsp3) is 0.231. The van der Waals surface area contributed by atoms with Crippen molar-refractivity contribution in [3.05, 3.63) is 71.4 Å². The number of aliphatic hydroxyl groups excluding tert-OH is 1. The Hall–Kier alpha value is -4.16. The number of esters is 1. The summed E-state index contributed by atoms with van der Waals surface area (Å²) >= 11 is 0. The van der Waals surface area contributed by atoms with Crippen molar-refractivity contribution in [1.82, 2.24) is 14.9 Å². The third kappa shape index (κ3) is 5.18. The summed E-state index contributed by atoms with van der Waals surface area (Å²) in [5.41, 5.74) is 0.811. The third-order valence-corrected chi connectivity index (χ3v) is 5.42. The maximum Gasteiger partial charge on any atom is 0.357 e. The molecule has 1 aromatic heterocycles. The molecule has 0 unspecified atom stereocenters. The molecule has 178 valence electrons. The standard InChI is InChI=1S/C26H21F2N3O4/c1-3-35-26(34)22-13-21(19-12-18(27)9-10-20(19)28)29-24(30-22)16-6-4-5-15(11-16)7-8-17-14-31(2)25(33)23(17)32/h4-6,9-13,17,23,32H,3,14H2,1-2H3/t17-,23+/m1/s1. The molecule has 0 saturated carbocycles. The lowest BCUT2D eigenvalue weighted by Crippen LogP contribution is -2.25. The summed E-state index contributed by atoms with van der Waals surface area (Å²) in [7, 11) is 1.60. The summed E-state index contributed by atoms with van der Waals surface area (Å²) in [4.78, 5) is 34.3.